The van der Waals surface area contributed by atoms with Crippen LogP contribution in [-0.2, 0) is 0 Å². The molecule has 0 saturated heterocycles. The molecule has 2 aromatic rings. The van der Waals surface area contributed by atoms with Gasteiger partial charge >= 0.3 is 0 Å². The Balaban J connectivity index is 2.11. The fourth-order valence-electron chi connectivity index (χ4n) is 1.24. The van der Waals surface area contributed by atoms with Crippen LogP contribution in [0.1, 0.15) is 24.3 Å². The highest BCUT2D eigenvalue weighted by Crippen LogP contribution is 2.24. The number of hydrogen-bond donors (Lipinski definition) is 1. The lowest BCUT2D eigenvalue weighted by Gasteiger charge is -2.04. The molecular formula is C12H13N3OS. The summed E-state index contributed by atoms with van der Waals surface area (Å²) < 4.78 is 0. The fourth-order valence-corrected chi connectivity index (χ4v) is 1.90. The zero-order valence-electron chi connectivity index (χ0n) is 9.66. The van der Waals surface area contributed by atoms with Gasteiger partial charge in [0.25, 0.3) is 0 Å². The largest absolute Gasteiger partial charge is 0.387 e. The molecule has 5 heteroatoms. The zero-order valence-corrected chi connectivity index (χ0v) is 10.5. The molecule has 0 aliphatic carbocycles. The molecule has 0 aliphatic heterocycles. The van der Waals surface area contributed by atoms with Crippen molar-refractivity contribution < 1.29 is 5.11 Å². The Morgan fingerprint density at radius 3 is 2.35 bits per heavy atom. The number of pyridine rings is 1. The highest BCUT2D eigenvalue weighted by atomic mass is 32.2. The van der Waals surface area contributed by atoms with Crippen LogP contribution in [-0.4, -0.2) is 20.1 Å². The summed E-state index contributed by atoms with van der Waals surface area (Å²) in [6, 6.07) is 3.71. The van der Waals surface area contributed by atoms with Crippen molar-refractivity contribution >= 4 is 11.8 Å². The van der Waals surface area contributed by atoms with Crippen molar-refractivity contribution in [3.63, 3.8) is 0 Å². The third kappa shape index (κ3) is 3.25. The minimum Gasteiger partial charge on any atom is -0.387 e. The van der Waals surface area contributed by atoms with Gasteiger partial charge in [-0.25, -0.2) is 9.97 Å². The molecule has 1 N–H and O–H groups in total. The van der Waals surface area contributed by atoms with Crippen LogP contribution < -0.4 is 0 Å². The molecule has 0 aliphatic rings. The molecule has 0 radical (unpaired) electrons. The van der Waals surface area contributed by atoms with Gasteiger partial charge in [0.05, 0.1) is 11.8 Å². The molecule has 2 aromatic heterocycles. The maximum atomic E-state index is 9.34. The van der Waals surface area contributed by atoms with Gasteiger partial charge in [-0.1, -0.05) is 0 Å². The van der Waals surface area contributed by atoms with Gasteiger partial charge < -0.3 is 5.11 Å². The molecule has 2 heterocycles. The first-order valence-corrected chi connectivity index (χ1v) is 6.07. The van der Waals surface area contributed by atoms with Gasteiger partial charge in [0, 0.05) is 23.5 Å². The van der Waals surface area contributed by atoms with E-state index in [2.05, 4.69) is 15.0 Å². The summed E-state index contributed by atoms with van der Waals surface area (Å²) in [5.74, 6) is 0. The van der Waals surface area contributed by atoms with Crippen molar-refractivity contribution in [2.24, 2.45) is 0 Å². The first kappa shape index (κ1) is 12.0. The fraction of sp³-hybridized carbons (Fsp3) is 0.250. The van der Waals surface area contributed by atoms with Crippen LogP contribution in [0.3, 0.4) is 0 Å². The minimum atomic E-state index is -0.537. The van der Waals surface area contributed by atoms with E-state index >= 15 is 0 Å². The Labute approximate surface area is 104 Å². The van der Waals surface area contributed by atoms with E-state index < -0.39 is 6.10 Å². The Hall–Kier alpha value is -1.46. The third-order valence-corrected chi connectivity index (χ3v) is 3.02. The van der Waals surface area contributed by atoms with Gasteiger partial charge in [0.2, 0.25) is 0 Å². The summed E-state index contributed by atoms with van der Waals surface area (Å²) in [5.41, 5.74) is 1.70. The average Bonchev–Trinajstić information content (AvgIpc) is 2.33. The zero-order chi connectivity index (χ0) is 12.3. The summed E-state index contributed by atoms with van der Waals surface area (Å²) in [7, 11) is 0. The lowest BCUT2D eigenvalue weighted by atomic mass is 10.2. The molecule has 1 atom stereocenters. The second-order valence-corrected chi connectivity index (χ2v) is 4.78. The molecule has 0 amide bonds. The normalized spacial score (nSPS) is 12.4. The van der Waals surface area contributed by atoms with Crippen molar-refractivity contribution in [2.45, 2.75) is 30.0 Å². The number of nitrogens with zero attached hydrogens (tertiary/aromatic N) is 3. The van der Waals surface area contributed by atoms with Crippen LogP contribution in [0, 0.1) is 6.92 Å². The predicted octanol–water partition coefficient (Wildman–Crippen LogP) is 2.38. The van der Waals surface area contributed by atoms with Crippen LogP contribution in [0.15, 0.2) is 40.8 Å². The monoisotopic (exact) mass is 247 g/mol. The van der Waals surface area contributed by atoms with E-state index in [-0.39, 0.29) is 0 Å². The topological polar surface area (TPSA) is 58.9 Å². The lowest BCUT2D eigenvalue weighted by Crippen LogP contribution is -1.94. The van der Waals surface area contributed by atoms with Crippen LogP contribution in [0.4, 0.5) is 0 Å². The molecular weight excluding hydrogens is 234 g/mol. The minimum absolute atomic E-state index is 0.537. The standard InChI is InChI=1S/C12H13N3OS/c1-8-5-14-12(15-6-8)17-10-3-4-11(9(2)16)13-7-10/h3-7,9,16H,1-2H3/t9-/m1/s1. The summed E-state index contributed by atoms with van der Waals surface area (Å²) in [6.45, 7) is 3.64. The van der Waals surface area contributed by atoms with Gasteiger partial charge in [-0.3, -0.25) is 4.98 Å². The van der Waals surface area contributed by atoms with Gasteiger partial charge in [-0.05, 0) is 43.3 Å². The van der Waals surface area contributed by atoms with Crippen molar-refractivity contribution in [3.8, 4) is 0 Å². The van der Waals surface area contributed by atoms with Crippen molar-refractivity contribution in [1.29, 1.82) is 0 Å². The SMILES string of the molecule is Cc1cnc(Sc2ccc([C@@H](C)O)nc2)nc1. The van der Waals surface area contributed by atoms with E-state index in [0.717, 1.165) is 10.5 Å². The smallest absolute Gasteiger partial charge is 0.192 e. The number of rotatable bonds is 3. The summed E-state index contributed by atoms with van der Waals surface area (Å²) >= 11 is 1.45. The molecule has 2 rings (SSSR count). The van der Waals surface area contributed by atoms with Crippen molar-refractivity contribution in [3.05, 3.63) is 42.0 Å². The molecule has 17 heavy (non-hydrogen) atoms. The van der Waals surface area contributed by atoms with Crippen molar-refractivity contribution in [2.75, 3.05) is 0 Å². The molecule has 0 bridgehead atoms. The second kappa shape index (κ2) is 5.25. The number of aliphatic hydroxyl groups is 1. The van der Waals surface area contributed by atoms with Crippen LogP contribution in [0.5, 0.6) is 0 Å². The van der Waals surface area contributed by atoms with E-state index in [1.807, 2.05) is 13.0 Å². The van der Waals surface area contributed by atoms with E-state index in [0.29, 0.717) is 10.9 Å². The highest BCUT2D eigenvalue weighted by Gasteiger charge is 2.04. The Kier molecular flexibility index (Phi) is 3.71. The number of aryl methyl sites for hydroxylation is 1. The molecule has 0 saturated carbocycles. The molecule has 4 nitrogen and oxygen atoms in total. The maximum absolute atomic E-state index is 9.34. The number of hydrogen-bond acceptors (Lipinski definition) is 5. The molecule has 0 spiro atoms. The average molecular weight is 247 g/mol. The number of aliphatic hydroxyl groups excluding tert-OH is 1. The van der Waals surface area contributed by atoms with Crippen LogP contribution >= 0.6 is 11.8 Å². The van der Waals surface area contributed by atoms with E-state index in [9.17, 15) is 5.11 Å². The maximum Gasteiger partial charge on any atom is 0.192 e. The van der Waals surface area contributed by atoms with Gasteiger partial charge in [0.1, 0.15) is 0 Å². The Bertz CT molecular complexity index is 482. The quantitative estimate of drug-likeness (QED) is 0.844. The summed E-state index contributed by atoms with van der Waals surface area (Å²) in [4.78, 5) is 13.5. The Morgan fingerprint density at radius 1 is 1.12 bits per heavy atom. The molecule has 0 unspecified atom stereocenters. The molecule has 88 valence electrons. The predicted molar refractivity (Wildman–Crippen MR) is 65.8 cm³/mol. The lowest BCUT2D eigenvalue weighted by molar-refractivity contribution is 0.194. The number of aromatic nitrogens is 3. The van der Waals surface area contributed by atoms with Crippen molar-refractivity contribution in [1.82, 2.24) is 15.0 Å². The third-order valence-electron chi connectivity index (χ3n) is 2.15. The summed E-state index contributed by atoms with van der Waals surface area (Å²) in [6.07, 6.45) is 4.75. The van der Waals surface area contributed by atoms with Crippen LogP contribution in [0.2, 0.25) is 0 Å². The summed E-state index contributed by atoms with van der Waals surface area (Å²) in [5, 5.41) is 10.0. The second-order valence-electron chi connectivity index (χ2n) is 3.74. The molecule has 0 aromatic carbocycles. The van der Waals surface area contributed by atoms with E-state index in [1.54, 1.807) is 31.6 Å². The van der Waals surface area contributed by atoms with Gasteiger partial charge in [-0.15, -0.1) is 0 Å². The highest BCUT2D eigenvalue weighted by molar-refractivity contribution is 7.99. The van der Waals surface area contributed by atoms with E-state index in [1.165, 1.54) is 11.8 Å². The molecule has 0 fully saturated rings. The Morgan fingerprint density at radius 2 is 1.82 bits per heavy atom. The van der Waals surface area contributed by atoms with Crippen LogP contribution in [0.25, 0.3) is 0 Å². The first-order chi connectivity index (χ1) is 8.15. The van der Waals surface area contributed by atoms with Gasteiger partial charge in [-0.2, -0.15) is 0 Å². The van der Waals surface area contributed by atoms with Gasteiger partial charge in [0.15, 0.2) is 5.16 Å². The van der Waals surface area contributed by atoms with E-state index in [4.69, 9.17) is 0 Å². The first-order valence-electron chi connectivity index (χ1n) is 5.25.